The van der Waals surface area contributed by atoms with Crippen molar-refractivity contribution in [3.05, 3.63) is 38.4 Å². The molecule has 0 aromatic carbocycles. The van der Waals surface area contributed by atoms with Gasteiger partial charge in [0.2, 0.25) is 0 Å². The van der Waals surface area contributed by atoms with Crippen LogP contribution >= 0.6 is 34.5 Å². The van der Waals surface area contributed by atoms with Crippen molar-refractivity contribution in [1.82, 2.24) is 9.97 Å². The van der Waals surface area contributed by atoms with Gasteiger partial charge in [-0.15, -0.1) is 11.3 Å². The third-order valence-corrected chi connectivity index (χ3v) is 4.01. The lowest BCUT2D eigenvalue weighted by atomic mass is 10.3. The summed E-state index contributed by atoms with van der Waals surface area (Å²) < 4.78 is 0.824. The number of aromatic nitrogens is 2. The predicted molar refractivity (Wildman–Crippen MR) is 82.6 cm³/mol. The lowest BCUT2D eigenvalue weighted by Gasteiger charge is -2.07. The first-order valence-corrected chi connectivity index (χ1v) is 7.76. The van der Waals surface area contributed by atoms with Crippen molar-refractivity contribution < 1.29 is 0 Å². The van der Waals surface area contributed by atoms with Gasteiger partial charge in [-0.05, 0) is 25.0 Å². The molecule has 3 nitrogen and oxygen atoms in total. The van der Waals surface area contributed by atoms with Gasteiger partial charge in [-0.2, -0.15) is 0 Å². The van der Waals surface area contributed by atoms with Crippen molar-refractivity contribution >= 4 is 40.4 Å². The van der Waals surface area contributed by atoms with Crippen LogP contribution in [-0.2, 0) is 12.8 Å². The fourth-order valence-corrected chi connectivity index (χ4v) is 2.98. The van der Waals surface area contributed by atoms with E-state index in [9.17, 15) is 0 Å². The van der Waals surface area contributed by atoms with Gasteiger partial charge >= 0.3 is 0 Å². The second-order valence-electron chi connectivity index (χ2n) is 4.12. The minimum Gasteiger partial charge on any atom is -0.370 e. The van der Waals surface area contributed by atoms with Gasteiger partial charge < -0.3 is 5.32 Å². The monoisotopic (exact) mass is 315 g/mol. The van der Waals surface area contributed by atoms with Crippen molar-refractivity contribution in [2.75, 3.05) is 11.9 Å². The predicted octanol–water partition coefficient (Wildman–Crippen LogP) is 4.45. The highest BCUT2D eigenvalue weighted by molar-refractivity contribution is 7.16. The molecule has 2 aromatic rings. The van der Waals surface area contributed by atoms with Crippen LogP contribution in [-0.4, -0.2) is 16.5 Å². The van der Waals surface area contributed by atoms with Crippen molar-refractivity contribution in [3.8, 4) is 0 Å². The number of aryl methyl sites for hydroxylation is 1. The van der Waals surface area contributed by atoms with Crippen LogP contribution in [0.5, 0.6) is 0 Å². The van der Waals surface area contributed by atoms with Crippen molar-refractivity contribution in [1.29, 1.82) is 0 Å². The van der Waals surface area contributed by atoms with Gasteiger partial charge in [-0.3, -0.25) is 0 Å². The maximum absolute atomic E-state index is 5.98. The maximum Gasteiger partial charge on any atom is 0.134 e. The second-order valence-corrected chi connectivity index (χ2v) is 6.31. The molecule has 0 saturated heterocycles. The molecule has 0 aliphatic rings. The number of thiophene rings is 1. The van der Waals surface area contributed by atoms with E-state index in [0.717, 1.165) is 41.8 Å². The van der Waals surface area contributed by atoms with Crippen LogP contribution in [0.15, 0.2) is 18.2 Å². The van der Waals surface area contributed by atoms with E-state index in [1.54, 1.807) is 17.4 Å². The molecule has 0 bridgehead atoms. The first kappa shape index (κ1) is 14.6. The molecular formula is C13H15Cl2N3S. The van der Waals surface area contributed by atoms with Crippen molar-refractivity contribution in [3.63, 3.8) is 0 Å². The highest BCUT2D eigenvalue weighted by atomic mass is 35.5. The highest BCUT2D eigenvalue weighted by Crippen LogP contribution is 2.21. The normalized spacial score (nSPS) is 10.7. The third-order valence-electron chi connectivity index (χ3n) is 2.52. The summed E-state index contributed by atoms with van der Waals surface area (Å²) in [5.74, 6) is 1.57. The van der Waals surface area contributed by atoms with Crippen molar-refractivity contribution in [2.45, 2.75) is 26.2 Å². The summed E-state index contributed by atoms with van der Waals surface area (Å²) >= 11 is 13.5. The molecule has 1 N–H and O–H groups in total. The third kappa shape index (κ3) is 4.64. The Morgan fingerprint density at radius 1 is 1.21 bits per heavy atom. The first-order chi connectivity index (χ1) is 9.17. The van der Waals surface area contributed by atoms with E-state index in [-0.39, 0.29) is 0 Å². The van der Waals surface area contributed by atoms with Crippen LogP contribution in [0.1, 0.15) is 24.0 Å². The topological polar surface area (TPSA) is 37.8 Å². The number of nitrogens with zero attached hydrogens (tertiary/aromatic N) is 2. The average molecular weight is 316 g/mol. The van der Waals surface area contributed by atoms with Crippen LogP contribution in [0.2, 0.25) is 9.49 Å². The SMILES string of the molecule is CCCc1nc(Cl)cc(NCCc2ccc(Cl)s2)n1. The Kier molecular flexibility index (Phi) is 5.43. The molecule has 0 unspecified atom stereocenters. The smallest absolute Gasteiger partial charge is 0.134 e. The molecule has 0 radical (unpaired) electrons. The number of halogens is 2. The van der Waals surface area contributed by atoms with Crippen molar-refractivity contribution in [2.24, 2.45) is 0 Å². The van der Waals surface area contributed by atoms with Gasteiger partial charge in [0, 0.05) is 23.9 Å². The molecule has 102 valence electrons. The Labute approximate surface area is 127 Å². The molecule has 2 rings (SSSR count). The molecule has 0 amide bonds. The second kappa shape index (κ2) is 7.08. The number of anilines is 1. The summed E-state index contributed by atoms with van der Waals surface area (Å²) in [5.41, 5.74) is 0. The Morgan fingerprint density at radius 2 is 2.05 bits per heavy atom. The zero-order valence-corrected chi connectivity index (χ0v) is 12.9. The van der Waals surface area contributed by atoms with E-state index in [4.69, 9.17) is 23.2 Å². The zero-order chi connectivity index (χ0) is 13.7. The summed E-state index contributed by atoms with van der Waals surface area (Å²) in [6.45, 7) is 2.90. The minimum absolute atomic E-state index is 0.486. The number of hydrogen-bond donors (Lipinski definition) is 1. The molecule has 2 heterocycles. The molecule has 6 heteroatoms. The van der Waals surface area contributed by atoms with Gasteiger partial charge in [0.1, 0.15) is 16.8 Å². The van der Waals surface area contributed by atoms with E-state index in [1.165, 1.54) is 4.88 Å². The lowest BCUT2D eigenvalue weighted by Crippen LogP contribution is -2.07. The van der Waals surface area contributed by atoms with Gasteiger partial charge in [0.05, 0.1) is 4.34 Å². The first-order valence-electron chi connectivity index (χ1n) is 6.19. The Balaban J connectivity index is 1.91. The fraction of sp³-hybridized carbons (Fsp3) is 0.385. The molecule has 0 aliphatic carbocycles. The van der Waals surface area contributed by atoms with Gasteiger partial charge in [0.15, 0.2) is 0 Å². The van der Waals surface area contributed by atoms with Gasteiger partial charge in [-0.1, -0.05) is 30.1 Å². The molecule has 2 aromatic heterocycles. The lowest BCUT2D eigenvalue weighted by molar-refractivity contribution is 0.833. The van der Waals surface area contributed by atoms with Crippen LogP contribution in [0.25, 0.3) is 0 Å². The standard InChI is InChI=1S/C13H15Cl2N3S/c1-2-3-12-17-10(14)8-13(18-12)16-7-6-9-4-5-11(15)19-9/h4-5,8H,2-3,6-7H2,1H3,(H,16,17,18). The van der Waals surface area contributed by atoms with E-state index >= 15 is 0 Å². The largest absolute Gasteiger partial charge is 0.370 e. The van der Waals surface area contributed by atoms with Crippen LogP contribution < -0.4 is 5.32 Å². The average Bonchev–Trinajstić information content (AvgIpc) is 2.75. The van der Waals surface area contributed by atoms with Crippen LogP contribution in [0.3, 0.4) is 0 Å². The number of rotatable bonds is 6. The molecule has 0 atom stereocenters. The zero-order valence-electron chi connectivity index (χ0n) is 10.6. The van der Waals surface area contributed by atoms with Gasteiger partial charge in [0.25, 0.3) is 0 Å². The summed E-state index contributed by atoms with van der Waals surface area (Å²) in [5, 5.41) is 3.76. The Morgan fingerprint density at radius 3 is 2.74 bits per heavy atom. The van der Waals surface area contributed by atoms with Crippen LogP contribution in [0, 0.1) is 0 Å². The van der Waals surface area contributed by atoms with Gasteiger partial charge in [-0.25, -0.2) is 9.97 Å². The molecule has 0 saturated carbocycles. The molecule has 19 heavy (non-hydrogen) atoms. The summed E-state index contributed by atoms with van der Waals surface area (Å²) in [4.78, 5) is 9.88. The summed E-state index contributed by atoms with van der Waals surface area (Å²) in [6, 6.07) is 5.72. The molecule has 0 spiro atoms. The minimum atomic E-state index is 0.486. The maximum atomic E-state index is 5.98. The van der Waals surface area contributed by atoms with E-state index in [2.05, 4.69) is 22.2 Å². The number of hydrogen-bond acceptors (Lipinski definition) is 4. The van der Waals surface area contributed by atoms with E-state index in [0.29, 0.717) is 5.15 Å². The summed E-state index contributed by atoms with van der Waals surface area (Å²) in [6.07, 6.45) is 2.77. The van der Waals surface area contributed by atoms with E-state index in [1.807, 2.05) is 12.1 Å². The fourth-order valence-electron chi connectivity index (χ4n) is 1.69. The highest BCUT2D eigenvalue weighted by Gasteiger charge is 2.03. The molecular weight excluding hydrogens is 301 g/mol. The molecule has 0 fully saturated rings. The van der Waals surface area contributed by atoms with Crippen LogP contribution in [0.4, 0.5) is 5.82 Å². The van der Waals surface area contributed by atoms with E-state index < -0.39 is 0 Å². The Bertz CT molecular complexity index is 542. The quantitative estimate of drug-likeness (QED) is 0.800. The summed E-state index contributed by atoms with van der Waals surface area (Å²) in [7, 11) is 0. The number of nitrogens with one attached hydrogen (secondary N) is 1. The molecule has 0 aliphatic heterocycles. The Hall–Kier alpha value is -0.840.